The predicted molar refractivity (Wildman–Crippen MR) is 84.2 cm³/mol. The molecule has 23 heavy (non-hydrogen) atoms. The maximum absolute atomic E-state index is 11.8. The summed E-state index contributed by atoms with van der Waals surface area (Å²) in [6.07, 6.45) is 0.974. The first-order chi connectivity index (χ1) is 10.9. The lowest BCUT2D eigenvalue weighted by molar-refractivity contribution is -0.122. The van der Waals surface area contributed by atoms with Crippen LogP contribution in [0.2, 0.25) is 0 Å². The molecule has 0 bridgehead atoms. The molecule has 0 spiro atoms. The van der Waals surface area contributed by atoms with Gasteiger partial charge >= 0.3 is 5.97 Å². The van der Waals surface area contributed by atoms with Crippen LogP contribution in [0.1, 0.15) is 17.4 Å². The summed E-state index contributed by atoms with van der Waals surface area (Å²) in [5.74, 6) is -0.798. The molecule has 2 aromatic rings. The van der Waals surface area contributed by atoms with E-state index < -0.39 is 5.97 Å². The molecule has 1 atom stereocenters. The number of carboxylic acid groups (broad SMARTS) is 1. The molecule has 0 aliphatic heterocycles. The first kappa shape index (κ1) is 16.9. The van der Waals surface area contributed by atoms with E-state index in [0.717, 1.165) is 4.47 Å². The van der Waals surface area contributed by atoms with Crippen LogP contribution < -0.4 is 10.1 Å². The fourth-order valence-electron chi connectivity index (χ4n) is 1.75. The lowest BCUT2D eigenvalue weighted by atomic mass is 10.3. The van der Waals surface area contributed by atoms with Gasteiger partial charge in [0.1, 0.15) is 18.4 Å². The lowest BCUT2D eigenvalue weighted by Crippen LogP contribution is -2.35. The van der Waals surface area contributed by atoms with Gasteiger partial charge in [-0.1, -0.05) is 27.2 Å². The average molecular weight is 383 g/mol. The van der Waals surface area contributed by atoms with Crippen LogP contribution in [0.3, 0.4) is 0 Å². The van der Waals surface area contributed by atoms with E-state index in [9.17, 15) is 9.59 Å². The number of halogens is 1. The third-order valence-electron chi connectivity index (χ3n) is 2.78. The Bertz CT molecular complexity index is 704. The number of carbonyl (C=O) groups is 2. The third-order valence-corrected chi connectivity index (χ3v) is 3.28. The first-order valence-corrected chi connectivity index (χ1v) is 7.55. The minimum atomic E-state index is -1.19. The summed E-state index contributed by atoms with van der Waals surface area (Å²) in [6.45, 7) is 2.04. The minimum absolute atomic E-state index is 0.107. The Labute approximate surface area is 140 Å². The number of hydrogen-bond acceptors (Lipinski definition) is 5. The number of aromatic nitrogens is 3. The van der Waals surface area contributed by atoms with Crippen molar-refractivity contribution in [3.63, 3.8) is 0 Å². The Morgan fingerprint density at radius 1 is 1.48 bits per heavy atom. The van der Waals surface area contributed by atoms with Crippen LogP contribution in [0.4, 0.5) is 0 Å². The molecular weight excluding hydrogens is 368 g/mol. The summed E-state index contributed by atoms with van der Waals surface area (Å²) < 4.78 is 7.75. The van der Waals surface area contributed by atoms with Gasteiger partial charge < -0.3 is 15.2 Å². The molecule has 8 nitrogen and oxygen atoms in total. The monoisotopic (exact) mass is 382 g/mol. The molecule has 1 aromatic carbocycles. The van der Waals surface area contributed by atoms with Crippen molar-refractivity contribution in [2.75, 3.05) is 6.54 Å². The van der Waals surface area contributed by atoms with Gasteiger partial charge in [0.2, 0.25) is 5.91 Å². The molecule has 0 fully saturated rings. The van der Waals surface area contributed by atoms with Crippen LogP contribution in [0, 0.1) is 0 Å². The van der Waals surface area contributed by atoms with Gasteiger partial charge in [0.15, 0.2) is 5.69 Å². The maximum atomic E-state index is 11.8. The summed E-state index contributed by atoms with van der Waals surface area (Å²) in [5.41, 5.74) is -0.204. The second-order valence-electron chi connectivity index (χ2n) is 4.80. The van der Waals surface area contributed by atoms with Gasteiger partial charge in [-0.25, -0.2) is 9.48 Å². The van der Waals surface area contributed by atoms with Gasteiger partial charge in [0.25, 0.3) is 0 Å². The second kappa shape index (κ2) is 7.73. The summed E-state index contributed by atoms with van der Waals surface area (Å²) >= 11 is 3.36. The SMILES string of the molecule is CC(CNC(=O)Cn1cc(C(=O)O)nn1)Oc1cccc(Br)c1. The largest absolute Gasteiger partial charge is 0.489 e. The van der Waals surface area contributed by atoms with Gasteiger partial charge in [-0.15, -0.1) is 5.10 Å². The van der Waals surface area contributed by atoms with E-state index in [0.29, 0.717) is 12.3 Å². The number of benzene rings is 1. The fourth-order valence-corrected chi connectivity index (χ4v) is 2.13. The van der Waals surface area contributed by atoms with E-state index >= 15 is 0 Å². The van der Waals surface area contributed by atoms with Crippen molar-refractivity contribution >= 4 is 27.8 Å². The van der Waals surface area contributed by atoms with Crippen LogP contribution in [0.15, 0.2) is 34.9 Å². The lowest BCUT2D eigenvalue weighted by Gasteiger charge is -2.15. The number of aromatic carboxylic acids is 1. The molecule has 0 saturated heterocycles. The third kappa shape index (κ3) is 5.37. The fraction of sp³-hybridized carbons (Fsp3) is 0.286. The molecule has 122 valence electrons. The quantitative estimate of drug-likeness (QED) is 0.747. The van der Waals surface area contributed by atoms with E-state index in [4.69, 9.17) is 9.84 Å². The Balaban J connectivity index is 1.78. The van der Waals surface area contributed by atoms with Crippen LogP contribution in [-0.2, 0) is 11.3 Å². The number of amides is 1. The molecule has 2 rings (SSSR count). The molecule has 2 N–H and O–H groups in total. The van der Waals surface area contributed by atoms with Gasteiger partial charge in [0, 0.05) is 4.47 Å². The Morgan fingerprint density at radius 3 is 2.91 bits per heavy atom. The Morgan fingerprint density at radius 2 is 2.26 bits per heavy atom. The van der Waals surface area contributed by atoms with E-state index in [-0.39, 0.29) is 24.2 Å². The molecule has 1 unspecified atom stereocenters. The molecule has 0 saturated carbocycles. The molecule has 1 heterocycles. The van der Waals surface area contributed by atoms with Crippen molar-refractivity contribution in [2.24, 2.45) is 0 Å². The molecular formula is C14H15BrN4O4. The number of carbonyl (C=O) groups excluding carboxylic acids is 1. The highest BCUT2D eigenvalue weighted by Crippen LogP contribution is 2.18. The normalized spacial score (nSPS) is 11.7. The number of nitrogens with zero attached hydrogens (tertiary/aromatic N) is 3. The molecule has 1 aromatic heterocycles. The van der Waals surface area contributed by atoms with Crippen molar-refractivity contribution in [2.45, 2.75) is 19.6 Å². The van der Waals surface area contributed by atoms with E-state index in [1.807, 2.05) is 31.2 Å². The van der Waals surface area contributed by atoms with E-state index in [1.165, 1.54) is 10.9 Å². The first-order valence-electron chi connectivity index (χ1n) is 6.76. The summed E-state index contributed by atoms with van der Waals surface area (Å²) in [5, 5.41) is 18.4. The van der Waals surface area contributed by atoms with Crippen molar-refractivity contribution < 1.29 is 19.4 Å². The Kier molecular flexibility index (Phi) is 5.69. The zero-order valence-electron chi connectivity index (χ0n) is 12.3. The van der Waals surface area contributed by atoms with Crippen LogP contribution in [0.5, 0.6) is 5.75 Å². The second-order valence-corrected chi connectivity index (χ2v) is 5.71. The standard InChI is InChI=1S/C14H15BrN4O4/c1-9(23-11-4-2-3-10(15)5-11)6-16-13(20)8-19-7-12(14(21)22)17-18-19/h2-5,7,9H,6,8H2,1H3,(H,16,20)(H,21,22). The topological polar surface area (TPSA) is 106 Å². The number of nitrogens with one attached hydrogen (secondary N) is 1. The van der Waals surface area contributed by atoms with Gasteiger partial charge in [-0.3, -0.25) is 4.79 Å². The van der Waals surface area contributed by atoms with Crippen molar-refractivity contribution in [3.05, 3.63) is 40.6 Å². The van der Waals surface area contributed by atoms with Crippen LogP contribution >= 0.6 is 15.9 Å². The highest BCUT2D eigenvalue weighted by atomic mass is 79.9. The minimum Gasteiger partial charge on any atom is -0.489 e. The van der Waals surface area contributed by atoms with Gasteiger partial charge in [-0.2, -0.15) is 0 Å². The molecule has 9 heteroatoms. The van der Waals surface area contributed by atoms with Crippen molar-refractivity contribution in [3.8, 4) is 5.75 Å². The molecule has 0 aliphatic rings. The average Bonchev–Trinajstić information content (AvgIpc) is 2.94. The van der Waals surface area contributed by atoms with E-state index in [1.54, 1.807) is 0 Å². The van der Waals surface area contributed by atoms with Gasteiger partial charge in [-0.05, 0) is 25.1 Å². The van der Waals surface area contributed by atoms with E-state index in [2.05, 4.69) is 31.6 Å². The van der Waals surface area contributed by atoms with Crippen LogP contribution in [-0.4, -0.2) is 44.6 Å². The summed E-state index contributed by atoms with van der Waals surface area (Å²) in [6, 6.07) is 7.41. The van der Waals surface area contributed by atoms with Gasteiger partial charge in [0.05, 0.1) is 12.7 Å². The molecule has 0 aliphatic carbocycles. The Hall–Kier alpha value is -2.42. The van der Waals surface area contributed by atoms with Crippen molar-refractivity contribution in [1.29, 1.82) is 0 Å². The number of rotatable bonds is 7. The zero-order chi connectivity index (χ0) is 16.8. The molecule has 1 amide bonds. The van der Waals surface area contributed by atoms with Crippen LogP contribution in [0.25, 0.3) is 0 Å². The number of carboxylic acids is 1. The van der Waals surface area contributed by atoms with Crippen molar-refractivity contribution in [1.82, 2.24) is 20.3 Å². The predicted octanol–water partition coefficient (Wildman–Crippen LogP) is 1.32. The summed E-state index contributed by atoms with van der Waals surface area (Å²) in [4.78, 5) is 22.5. The highest BCUT2D eigenvalue weighted by molar-refractivity contribution is 9.10. The zero-order valence-corrected chi connectivity index (χ0v) is 13.9. The smallest absolute Gasteiger partial charge is 0.358 e. The highest BCUT2D eigenvalue weighted by Gasteiger charge is 2.12. The maximum Gasteiger partial charge on any atom is 0.358 e. The molecule has 0 radical (unpaired) electrons. The summed E-state index contributed by atoms with van der Waals surface area (Å²) in [7, 11) is 0. The number of ether oxygens (including phenoxy) is 1. The number of hydrogen-bond donors (Lipinski definition) is 2.